The molecule has 1 fully saturated rings. The minimum absolute atomic E-state index is 0.0967. The summed E-state index contributed by atoms with van der Waals surface area (Å²) in [5.41, 5.74) is 2.07. The molecule has 0 spiro atoms. The minimum Gasteiger partial charge on any atom is -0.359 e. The van der Waals surface area contributed by atoms with Gasteiger partial charge in [0.25, 0.3) is 0 Å². The number of nitrogens with zero attached hydrogens (tertiary/aromatic N) is 1. The number of carbonyl (C=O) groups is 1. The fourth-order valence-corrected chi connectivity index (χ4v) is 3.53. The molecular formula is C21H26N2O. The molecule has 0 saturated heterocycles. The third-order valence-electron chi connectivity index (χ3n) is 4.87. The van der Waals surface area contributed by atoms with E-state index in [1.165, 1.54) is 19.3 Å². The minimum atomic E-state index is -0.310. The van der Waals surface area contributed by atoms with E-state index >= 15 is 0 Å². The molecule has 1 amide bonds. The molecule has 2 aromatic carbocycles. The number of amides is 1. The lowest BCUT2D eigenvalue weighted by molar-refractivity contribution is -0.123. The number of benzene rings is 2. The second-order valence-electron chi connectivity index (χ2n) is 6.60. The fourth-order valence-electron chi connectivity index (χ4n) is 3.53. The molecule has 0 aliphatic heterocycles. The summed E-state index contributed by atoms with van der Waals surface area (Å²) in [5.74, 6) is 0.0967. The molecule has 0 heterocycles. The molecule has 1 aliphatic carbocycles. The number of anilines is 1. The number of hydrogen-bond donors (Lipinski definition) is 1. The highest BCUT2D eigenvalue weighted by Crippen LogP contribution is 2.27. The summed E-state index contributed by atoms with van der Waals surface area (Å²) in [6.07, 6.45) is 5.92. The molecule has 1 unspecified atom stereocenters. The molecule has 1 aliphatic rings. The maximum atomic E-state index is 13.1. The van der Waals surface area contributed by atoms with Crippen molar-refractivity contribution in [3.05, 3.63) is 66.2 Å². The van der Waals surface area contributed by atoms with Crippen LogP contribution in [-0.2, 0) is 4.79 Å². The highest BCUT2D eigenvalue weighted by Gasteiger charge is 2.27. The summed E-state index contributed by atoms with van der Waals surface area (Å²) >= 11 is 0. The second-order valence-corrected chi connectivity index (χ2v) is 6.60. The van der Waals surface area contributed by atoms with Crippen LogP contribution in [-0.4, -0.2) is 19.0 Å². The number of likely N-dealkylation sites (N-methyl/N-ethyl adjacent to an activating group) is 1. The van der Waals surface area contributed by atoms with E-state index in [2.05, 4.69) is 10.2 Å². The molecule has 1 saturated carbocycles. The zero-order valence-corrected chi connectivity index (χ0v) is 14.3. The number of hydrogen-bond acceptors (Lipinski definition) is 2. The van der Waals surface area contributed by atoms with Crippen LogP contribution in [0.4, 0.5) is 5.69 Å². The average molecular weight is 322 g/mol. The third-order valence-corrected chi connectivity index (χ3v) is 4.87. The van der Waals surface area contributed by atoms with Gasteiger partial charge in [0, 0.05) is 18.8 Å². The molecular weight excluding hydrogens is 296 g/mol. The van der Waals surface area contributed by atoms with Crippen molar-refractivity contribution in [2.75, 3.05) is 11.9 Å². The number of nitrogens with one attached hydrogen (secondary N) is 1. The Morgan fingerprint density at radius 2 is 1.54 bits per heavy atom. The summed E-state index contributed by atoms with van der Waals surface area (Å²) in [6, 6.07) is 20.2. The average Bonchev–Trinajstić information content (AvgIpc) is 2.64. The first-order valence-electron chi connectivity index (χ1n) is 8.89. The van der Waals surface area contributed by atoms with Gasteiger partial charge < -0.3 is 10.2 Å². The summed E-state index contributed by atoms with van der Waals surface area (Å²) in [4.78, 5) is 15.1. The van der Waals surface area contributed by atoms with Gasteiger partial charge in [-0.3, -0.25) is 4.79 Å². The first kappa shape index (κ1) is 16.6. The predicted molar refractivity (Wildman–Crippen MR) is 99.0 cm³/mol. The van der Waals surface area contributed by atoms with E-state index in [9.17, 15) is 4.79 Å². The van der Waals surface area contributed by atoms with Crippen LogP contribution in [0, 0.1) is 0 Å². The van der Waals surface area contributed by atoms with Crippen molar-refractivity contribution in [2.24, 2.45) is 0 Å². The van der Waals surface area contributed by atoms with Crippen molar-refractivity contribution in [2.45, 2.75) is 44.2 Å². The van der Waals surface area contributed by atoms with Crippen molar-refractivity contribution in [3.8, 4) is 0 Å². The van der Waals surface area contributed by atoms with Crippen molar-refractivity contribution in [1.82, 2.24) is 5.32 Å². The van der Waals surface area contributed by atoms with Gasteiger partial charge in [-0.1, -0.05) is 67.8 Å². The number of para-hydroxylation sites is 1. The SMILES string of the molecule is CN(c1ccccc1)C(C(=O)NC1CCCCC1)c1ccccc1. The standard InChI is InChI=1S/C21H26N2O/c1-23(19-15-9-4-10-16-19)20(17-11-5-2-6-12-17)21(24)22-18-13-7-3-8-14-18/h2,4-6,9-12,15-16,18,20H,3,7-8,13-14H2,1H3,(H,22,24). The first-order chi connectivity index (χ1) is 11.8. The summed E-state index contributed by atoms with van der Waals surface area (Å²) in [7, 11) is 1.99. The van der Waals surface area contributed by atoms with Gasteiger partial charge in [-0.05, 0) is 30.5 Å². The van der Waals surface area contributed by atoms with Gasteiger partial charge in [-0.15, -0.1) is 0 Å². The van der Waals surface area contributed by atoms with Crippen LogP contribution in [0.5, 0.6) is 0 Å². The van der Waals surface area contributed by atoms with Crippen LogP contribution in [0.2, 0.25) is 0 Å². The highest BCUT2D eigenvalue weighted by atomic mass is 16.2. The number of rotatable bonds is 5. The molecule has 0 aromatic heterocycles. The van der Waals surface area contributed by atoms with Crippen LogP contribution in [0.15, 0.2) is 60.7 Å². The molecule has 0 radical (unpaired) electrons. The van der Waals surface area contributed by atoms with Gasteiger partial charge in [0.1, 0.15) is 6.04 Å². The van der Waals surface area contributed by atoms with Gasteiger partial charge in [0.15, 0.2) is 0 Å². The lowest BCUT2D eigenvalue weighted by atomic mass is 9.94. The highest BCUT2D eigenvalue weighted by molar-refractivity contribution is 5.86. The Labute approximate surface area is 144 Å². The van der Waals surface area contributed by atoms with Crippen LogP contribution >= 0.6 is 0 Å². The maximum Gasteiger partial charge on any atom is 0.247 e. The predicted octanol–water partition coefficient (Wildman–Crippen LogP) is 4.31. The molecule has 1 N–H and O–H groups in total. The third kappa shape index (κ3) is 3.97. The van der Waals surface area contributed by atoms with Crippen molar-refractivity contribution in [1.29, 1.82) is 0 Å². The van der Waals surface area contributed by atoms with Gasteiger partial charge in [-0.25, -0.2) is 0 Å². The molecule has 0 bridgehead atoms. The van der Waals surface area contributed by atoms with Crippen molar-refractivity contribution in [3.63, 3.8) is 0 Å². The first-order valence-corrected chi connectivity index (χ1v) is 8.89. The van der Waals surface area contributed by atoms with Crippen LogP contribution in [0.1, 0.15) is 43.7 Å². The Bertz CT molecular complexity index is 635. The summed E-state index contributed by atoms with van der Waals surface area (Å²) in [5, 5.41) is 3.29. The van der Waals surface area contributed by atoms with Crippen molar-refractivity contribution >= 4 is 11.6 Å². The lowest BCUT2D eigenvalue weighted by Gasteiger charge is -2.32. The zero-order chi connectivity index (χ0) is 16.8. The van der Waals surface area contributed by atoms with Crippen LogP contribution < -0.4 is 10.2 Å². The van der Waals surface area contributed by atoms with Crippen molar-refractivity contribution < 1.29 is 4.79 Å². The van der Waals surface area contributed by atoms with Crippen LogP contribution in [0.3, 0.4) is 0 Å². The molecule has 24 heavy (non-hydrogen) atoms. The smallest absolute Gasteiger partial charge is 0.247 e. The Morgan fingerprint density at radius 3 is 2.17 bits per heavy atom. The maximum absolute atomic E-state index is 13.1. The molecule has 126 valence electrons. The Balaban J connectivity index is 1.83. The van der Waals surface area contributed by atoms with Crippen LogP contribution in [0.25, 0.3) is 0 Å². The monoisotopic (exact) mass is 322 g/mol. The number of carbonyl (C=O) groups excluding carboxylic acids is 1. The molecule has 3 rings (SSSR count). The lowest BCUT2D eigenvalue weighted by Crippen LogP contribution is -2.44. The van der Waals surface area contributed by atoms with Gasteiger partial charge >= 0.3 is 0 Å². The topological polar surface area (TPSA) is 32.3 Å². The Morgan fingerprint density at radius 1 is 0.958 bits per heavy atom. The normalized spacial score (nSPS) is 16.4. The quantitative estimate of drug-likeness (QED) is 0.889. The summed E-state index contributed by atoms with van der Waals surface area (Å²) in [6.45, 7) is 0. The summed E-state index contributed by atoms with van der Waals surface area (Å²) < 4.78 is 0. The van der Waals surface area contributed by atoms with E-state index < -0.39 is 0 Å². The van der Waals surface area contributed by atoms with E-state index in [1.807, 2.05) is 67.7 Å². The van der Waals surface area contributed by atoms with E-state index in [0.717, 1.165) is 24.1 Å². The second kappa shape index (κ2) is 8.00. The van der Waals surface area contributed by atoms with Gasteiger partial charge in [-0.2, -0.15) is 0 Å². The molecule has 3 nitrogen and oxygen atoms in total. The Hall–Kier alpha value is -2.29. The van der Waals surface area contributed by atoms with Gasteiger partial charge in [0.2, 0.25) is 5.91 Å². The van der Waals surface area contributed by atoms with E-state index in [-0.39, 0.29) is 11.9 Å². The molecule has 3 heteroatoms. The zero-order valence-electron chi connectivity index (χ0n) is 14.3. The Kier molecular flexibility index (Phi) is 5.52. The van der Waals surface area contributed by atoms with E-state index in [0.29, 0.717) is 6.04 Å². The van der Waals surface area contributed by atoms with E-state index in [4.69, 9.17) is 0 Å². The fraction of sp³-hybridized carbons (Fsp3) is 0.381. The largest absolute Gasteiger partial charge is 0.359 e. The van der Waals surface area contributed by atoms with E-state index in [1.54, 1.807) is 0 Å². The molecule has 2 aromatic rings. The van der Waals surface area contributed by atoms with Gasteiger partial charge in [0.05, 0.1) is 0 Å². The molecule has 1 atom stereocenters.